The summed E-state index contributed by atoms with van der Waals surface area (Å²) in [6, 6.07) is 14.8. The van der Waals surface area contributed by atoms with E-state index < -0.39 is 33.7 Å². The standard InChI is InChI=1S/C38H49N5O8S/c1-9-49-35(44)21-30(28-19-31-36(33(20-28)48-8)42(7)41-40-31)27-14-12-24(2)29(18-27)23-43-22-25(3)50-32-17-26(13-15-34(32)52(43,46)47)11-10-16-39-37(45)51-38(4,5)6/h12-15,17-20,25,30H,9-11,16,21-23H2,1-8H3,(H,39,45)/t25-,30+/m1/s1. The highest BCUT2D eigenvalue weighted by Crippen LogP contribution is 2.37. The van der Waals surface area contributed by atoms with Crippen LogP contribution < -0.4 is 14.8 Å². The highest BCUT2D eigenvalue weighted by Gasteiger charge is 2.34. The third-order valence-electron chi connectivity index (χ3n) is 8.83. The molecule has 1 aliphatic heterocycles. The van der Waals surface area contributed by atoms with Crippen LogP contribution in [0.25, 0.3) is 11.0 Å². The maximum Gasteiger partial charge on any atom is 0.407 e. The van der Waals surface area contributed by atoms with E-state index in [1.54, 1.807) is 44.0 Å². The van der Waals surface area contributed by atoms with Gasteiger partial charge in [0.1, 0.15) is 39.1 Å². The molecule has 14 heteroatoms. The second-order valence-corrected chi connectivity index (χ2v) is 16.0. The lowest BCUT2D eigenvalue weighted by Gasteiger charge is -2.24. The van der Waals surface area contributed by atoms with E-state index in [9.17, 15) is 18.0 Å². The van der Waals surface area contributed by atoms with Crippen LogP contribution in [0.2, 0.25) is 0 Å². The fourth-order valence-electron chi connectivity index (χ4n) is 6.35. The molecule has 0 spiro atoms. The van der Waals surface area contributed by atoms with E-state index in [1.807, 2.05) is 65.0 Å². The summed E-state index contributed by atoms with van der Waals surface area (Å²) in [4.78, 5) is 25.0. The lowest BCUT2D eigenvalue weighted by molar-refractivity contribution is -0.143. The molecule has 1 aliphatic rings. The molecule has 4 aromatic rings. The minimum absolute atomic E-state index is 0.0604. The van der Waals surface area contributed by atoms with Crippen LogP contribution in [-0.2, 0) is 44.3 Å². The van der Waals surface area contributed by atoms with Crippen LogP contribution >= 0.6 is 0 Å². The van der Waals surface area contributed by atoms with Crippen LogP contribution in [0, 0.1) is 6.92 Å². The van der Waals surface area contributed by atoms with E-state index in [0.717, 1.165) is 33.3 Å². The topological polar surface area (TPSA) is 151 Å². The van der Waals surface area contributed by atoms with Crippen LogP contribution in [0.5, 0.6) is 11.5 Å². The lowest BCUT2D eigenvalue weighted by Crippen LogP contribution is -2.35. The summed E-state index contributed by atoms with van der Waals surface area (Å²) in [5.41, 5.74) is 5.00. The Morgan fingerprint density at radius 3 is 2.58 bits per heavy atom. The number of alkyl carbamates (subject to hydrolysis) is 1. The van der Waals surface area contributed by atoms with E-state index in [-0.39, 0.29) is 37.0 Å². The van der Waals surface area contributed by atoms with Gasteiger partial charge in [0, 0.05) is 26.1 Å². The summed E-state index contributed by atoms with van der Waals surface area (Å²) in [6.07, 6.45) is 0.408. The van der Waals surface area contributed by atoms with E-state index in [0.29, 0.717) is 36.4 Å². The van der Waals surface area contributed by atoms with Crippen molar-refractivity contribution in [3.63, 3.8) is 0 Å². The average molecular weight is 736 g/mol. The first kappa shape index (κ1) is 38.5. The molecule has 13 nitrogen and oxygen atoms in total. The molecule has 0 saturated heterocycles. The highest BCUT2D eigenvalue weighted by atomic mass is 32.2. The zero-order valence-electron chi connectivity index (χ0n) is 31.2. The molecule has 0 radical (unpaired) electrons. The summed E-state index contributed by atoms with van der Waals surface area (Å²) in [6.45, 7) is 11.9. The van der Waals surface area contributed by atoms with Crippen molar-refractivity contribution >= 4 is 33.1 Å². The average Bonchev–Trinajstić information content (AvgIpc) is 3.41. The number of hydrogen-bond acceptors (Lipinski definition) is 10. The smallest absolute Gasteiger partial charge is 0.407 e. The number of methoxy groups -OCH3 is 1. The third-order valence-corrected chi connectivity index (χ3v) is 10.7. The number of fused-ring (bicyclic) bond motifs is 2. The lowest BCUT2D eigenvalue weighted by atomic mass is 9.86. The predicted octanol–water partition coefficient (Wildman–Crippen LogP) is 5.80. The maximum absolute atomic E-state index is 14.2. The Morgan fingerprint density at radius 2 is 1.87 bits per heavy atom. The number of hydrogen-bond donors (Lipinski definition) is 1. The Morgan fingerprint density at radius 1 is 1.10 bits per heavy atom. The van der Waals surface area contributed by atoms with E-state index in [2.05, 4.69) is 15.6 Å². The number of rotatable bonds is 12. The van der Waals surface area contributed by atoms with Crippen molar-refractivity contribution in [1.82, 2.24) is 24.6 Å². The van der Waals surface area contributed by atoms with Gasteiger partial charge in [-0.15, -0.1) is 5.10 Å². The van der Waals surface area contributed by atoms with Gasteiger partial charge in [-0.25, -0.2) is 17.9 Å². The molecule has 1 amide bonds. The van der Waals surface area contributed by atoms with Gasteiger partial charge in [0.15, 0.2) is 0 Å². The molecule has 0 aliphatic carbocycles. The summed E-state index contributed by atoms with van der Waals surface area (Å²) < 4.78 is 54.0. The number of nitrogens with one attached hydrogen (secondary N) is 1. The number of aryl methyl sites for hydroxylation is 3. The van der Waals surface area contributed by atoms with E-state index >= 15 is 0 Å². The number of nitrogens with zero attached hydrogens (tertiary/aromatic N) is 4. The molecule has 2 atom stereocenters. The van der Waals surface area contributed by atoms with Gasteiger partial charge in [-0.2, -0.15) is 4.31 Å². The Kier molecular flexibility index (Phi) is 11.8. The Hall–Kier alpha value is -4.69. The second kappa shape index (κ2) is 15.9. The molecule has 0 unspecified atom stereocenters. The fraction of sp³-hybridized carbons (Fsp3) is 0.474. The van der Waals surface area contributed by atoms with Crippen molar-refractivity contribution in [1.29, 1.82) is 0 Å². The Bertz CT molecular complexity index is 2040. The van der Waals surface area contributed by atoms with Crippen molar-refractivity contribution in [3.8, 4) is 11.5 Å². The molecule has 1 aromatic heterocycles. The minimum Gasteiger partial charge on any atom is -0.494 e. The molecule has 0 saturated carbocycles. The first-order chi connectivity index (χ1) is 24.6. The molecule has 0 bridgehead atoms. The van der Waals surface area contributed by atoms with E-state index in [4.69, 9.17) is 18.9 Å². The molecular formula is C38H49N5O8S. The highest BCUT2D eigenvalue weighted by molar-refractivity contribution is 7.89. The third kappa shape index (κ3) is 9.02. The number of carbonyl (C=O) groups is 2. The first-order valence-corrected chi connectivity index (χ1v) is 18.9. The van der Waals surface area contributed by atoms with Gasteiger partial charge in [0.25, 0.3) is 0 Å². The minimum atomic E-state index is -3.95. The molecule has 2 heterocycles. The van der Waals surface area contributed by atoms with Crippen LogP contribution in [0.3, 0.4) is 0 Å². The molecule has 52 heavy (non-hydrogen) atoms. The van der Waals surface area contributed by atoms with E-state index in [1.165, 1.54) is 4.31 Å². The summed E-state index contributed by atoms with van der Waals surface area (Å²) >= 11 is 0. The van der Waals surface area contributed by atoms with Gasteiger partial charge in [-0.05, 0) is 106 Å². The Balaban J connectivity index is 1.40. The SMILES string of the molecule is CCOC(=O)C[C@@H](c1ccc(C)c(CN2C[C@@H](C)Oc3cc(CCCNC(=O)OC(C)(C)C)ccc3S2(=O)=O)c1)c1cc(OC)c2c(c1)nnn2C. The summed E-state index contributed by atoms with van der Waals surface area (Å²) in [5, 5.41) is 11.2. The van der Waals surface area contributed by atoms with Gasteiger partial charge < -0.3 is 24.3 Å². The van der Waals surface area contributed by atoms with Crippen molar-refractivity contribution in [3.05, 3.63) is 76.3 Å². The fourth-order valence-corrected chi connectivity index (χ4v) is 7.95. The molecule has 3 aromatic carbocycles. The molecule has 280 valence electrons. The quantitative estimate of drug-likeness (QED) is 0.140. The van der Waals surface area contributed by atoms with Crippen LogP contribution in [0.15, 0.2) is 53.4 Å². The maximum atomic E-state index is 14.2. The number of amides is 1. The largest absolute Gasteiger partial charge is 0.494 e. The van der Waals surface area contributed by atoms with Crippen molar-refractivity contribution in [2.24, 2.45) is 7.05 Å². The number of esters is 1. The summed E-state index contributed by atoms with van der Waals surface area (Å²) in [7, 11) is -0.590. The predicted molar refractivity (Wildman–Crippen MR) is 196 cm³/mol. The Labute approximate surface area is 305 Å². The normalized spacial score (nSPS) is 16.3. The molecule has 5 rings (SSSR count). The van der Waals surface area contributed by atoms with Gasteiger partial charge in [0.05, 0.1) is 26.7 Å². The van der Waals surface area contributed by atoms with Crippen LogP contribution in [-0.4, -0.2) is 78.3 Å². The number of benzene rings is 3. The first-order valence-electron chi connectivity index (χ1n) is 17.5. The molecular weight excluding hydrogens is 687 g/mol. The van der Waals surface area contributed by atoms with Crippen molar-refractivity contribution in [2.45, 2.75) is 89.9 Å². The zero-order valence-corrected chi connectivity index (χ0v) is 32.0. The van der Waals surface area contributed by atoms with Crippen molar-refractivity contribution in [2.75, 3.05) is 26.8 Å². The van der Waals surface area contributed by atoms with Gasteiger partial charge in [0.2, 0.25) is 10.0 Å². The second-order valence-electron chi connectivity index (χ2n) is 14.1. The number of aromatic nitrogens is 3. The molecule has 1 N–H and O–H groups in total. The number of sulfonamides is 1. The van der Waals surface area contributed by atoms with Gasteiger partial charge in [-0.3, -0.25) is 4.79 Å². The van der Waals surface area contributed by atoms with Crippen molar-refractivity contribution < 1.29 is 37.0 Å². The van der Waals surface area contributed by atoms with Crippen LogP contribution in [0.4, 0.5) is 4.79 Å². The van der Waals surface area contributed by atoms with Gasteiger partial charge >= 0.3 is 12.1 Å². The van der Waals surface area contributed by atoms with Gasteiger partial charge in [-0.1, -0.05) is 29.5 Å². The molecule has 0 fully saturated rings. The van der Waals surface area contributed by atoms with Crippen LogP contribution in [0.1, 0.15) is 81.2 Å². The summed E-state index contributed by atoms with van der Waals surface area (Å²) in [5.74, 6) is 0.0930. The zero-order chi connectivity index (χ0) is 37.8. The number of carbonyl (C=O) groups excluding carboxylic acids is 2. The monoisotopic (exact) mass is 735 g/mol. The number of ether oxygens (including phenoxy) is 4.